The van der Waals surface area contributed by atoms with Gasteiger partial charge in [-0.3, -0.25) is 9.59 Å². The fourth-order valence-electron chi connectivity index (χ4n) is 5.93. The number of ether oxygens (including phenoxy) is 2. The van der Waals surface area contributed by atoms with E-state index >= 15 is 0 Å². The van der Waals surface area contributed by atoms with Crippen LogP contribution in [0.15, 0.2) is 54.9 Å². The molecule has 0 radical (unpaired) electrons. The van der Waals surface area contributed by atoms with E-state index in [0.717, 1.165) is 31.6 Å². The number of hydrogen-bond donors (Lipinski definition) is 3. The summed E-state index contributed by atoms with van der Waals surface area (Å²) in [6, 6.07) is 11.4. The Kier molecular flexibility index (Phi) is 11.6. The zero-order chi connectivity index (χ0) is 34.8. The number of amides is 2. The van der Waals surface area contributed by atoms with Crippen molar-refractivity contribution < 1.29 is 23.5 Å². The second-order valence-corrected chi connectivity index (χ2v) is 11.9. The molecule has 3 fully saturated rings. The van der Waals surface area contributed by atoms with Crippen LogP contribution in [0.2, 0.25) is 0 Å². The highest BCUT2D eigenvalue weighted by atomic mass is 19.1. The standard InChI is InChI=1S/C17H21FN4O2.C17H18N6O2/c1-24-14-5-7-22(10-14)13-2-3-15(16(18)8-13)17(23)20-12-4-6-21(9-12)11-19;1-25-15-9-12(16(24)21-13-5-8-23(10-13)11-18)3-4-14(15)22-17-19-6-2-7-20-17/h2-3,8,12,14H,4-7,9-10H2,1H3,(H,20,23);2-4,6-7,9,13H,5,8,10H2,1H3,(H,21,24)(H,19,20,22)/t12-,14-;13-/m11/s1. The number of nitrogens with zero attached hydrogens (tertiary/aromatic N) is 7. The van der Waals surface area contributed by atoms with Crippen LogP contribution >= 0.6 is 0 Å². The maximum atomic E-state index is 14.4. The minimum Gasteiger partial charge on any atom is -0.495 e. The van der Waals surface area contributed by atoms with Gasteiger partial charge in [-0.15, -0.1) is 0 Å². The summed E-state index contributed by atoms with van der Waals surface area (Å²) < 4.78 is 25.1. The van der Waals surface area contributed by atoms with Gasteiger partial charge in [-0.25, -0.2) is 14.4 Å². The van der Waals surface area contributed by atoms with Gasteiger partial charge in [-0.2, -0.15) is 10.5 Å². The lowest BCUT2D eigenvalue weighted by atomic mass is 10.1. The Morgan fingerprint density at radius 3 is 2.12 bits per heavy atom. The van der Waals surface area contributed by atoms with Crippen LogP contribution in [0.5, 0.6) is 5.75 Å². The second kappa shape index (κ2) is 16.4. The first-order valence-electron chi connectivity index (χ1n) is 16.0. The van der Waals surface area contributed by atoms with Crippen LogP contribution < -0.4 is 25.6 Å². The molecule has 0 saturated carbocycles. The molecule has 0 spiro atoms. The minimum atomic E-state index is -0.527. The Balaban J connectivity index is 0.000000191. The number of likely N-dealkylation sites (tertiary alicyclic amines) is 2. The van der Waals surface area contributed by atoms with Crippen molar-refractivity contribution in [3.8, 4) is 18.1 Å². The molecule has 3 N–H and O–H groups in total. The van der Waals surface area contributed by atoms with Crippen molar-refractivity contribution >= 4 is 29.1 Å². The van der Waals surface area contributed by atoms with E-state index in [4.69, 9.17) is 20.0 Å². The summed E-state index contributed by atoms with van der Waals surface area (Å²) in [5.41, 5.74) is 1.96. The molecule has 0 aliphatic carbocycles. The lowest BCUT2D eigenvalue weighted by molar-refractivity contribution is 0.0928. The molecule has 2 aromatic carbocycles. The Morgan fingerprint density at radius 1 is 0.878 bits per heavy atom. The zero-order valence-electron chi connectivity index (χ0n) is 27.4. The number of anilines is 3. The molecule has 256 valence electrons. The summed E-state index contributed by atoms with van der Waals surface area (Å²) in [5, 5.41) is 26.5. The van der Waals surface area contributed by atoms with Crippen molar-refractivity contribution in [2.24, 2.45) is 0 Å². The third-order valence-corrected chi connectivity index (χ3v) is 8.65. The fraction of sp³-hybridized carbons (Fsp3) is 0.412. The van der Waals surface area contributed by atoms with Gasteiger partial charge in [-0.05, 0) is 61.7 Å². The molecular formula is C34H39FN10O4. The van der Waals surface area contributed by atoms with Gasteiger partial charge >= 0.3 is 0 Å². The van der Waals surface area contributed by atoms with Crippen molar-refractivity contribution in [3.05, 3.63) is 71.8 Å². The van der Waals surface area contributed by atoms with E-state index in [1.165, 1.54) is 19.2 Å². The predicted molar refractivity (Wildman–Crippen MR) is 178 cm³/mol. The maximum Gasteiger partial charge on any atom is 0.254 e. The van der Waals surface area contributed by atoms with E-state index in [2.05, 4.69) is 43.2 Å². The number of benzene rings is 2. The molecule has 3 atom stereocenters. The number of halogens is 1. The number of aromatic nitrogens is 2. The average molecular weight is 671 g/mol. The molecule has 2 amide bonds. The van der Waals surface area contributed by atoms with Gasteiger partial charge in [0, 0.05) is 82.1 Å². The van der Waals surface area contributed by atoms with E-state index in [0.29, 0.717) is 55.5 Å². The first-order chi connectivity index (χ1) is 23.8. The van der Waals surface area contributed by atoms with Crippen molar-refractivity contribution in [1.29, 1.82) is 10.5 Å². The molecular weight excluding hydrogens is 631 g/mol. The average Bonchev–Trinajstić information content (AvgIpc) is 3.90. The first kappa shape index (κ1) is 34.7. The summed E-state index contributed by atoms with van der Waals surface area (Å²) in [6.45, 7) is 3.87. The van der Waals surface area contributed by atoms with Gasteiger partial charge in [0.15, 0.2) is 12.4 Å². The number of carbonyl (C=O) groups is 2. The Morgan fingerprint density at radius 2 is 1.55 bits per heavy atom. The first-order valence-corrected chi connectivity index (χ1v) is 16.0. The third-order valence-electron chi connectivity index (χ3n) is 8.65. The van der Waals surface area contributed by atoms with Crippen molar-refractivity contribution in [2.45, 2.75) is 37.5 Å². The van der Waals surface area contributed by atoms with Crippen LogP contribution in [-0.4, -0.2) is 103 Å². The van der Waals surface area contributed by atoms with Crippen LogP contribution in [0.1, 0.15) is 40.0 Å². The Labute approximate surface area is 284 Å². The SMILES string of the molecule is CO[C@@H]1CCN(c2ccc(C(=O)N[C@@H]3CCN(C#N)C3)c(F)c2)C1.COc1cc(C(=O)N[C@@H]2CCN(C#N)C2)ccc1Nc1ncccn1. The minimum absolute atomic E-state index is 0.0198. The summed E-state index contributed by atoms with van der Waals surface area (Å²) >= 11 is 0. The highest BCUT2D eigenvalue weighted by Crippen LogP contribution is 2.28. The van der Waals surface area contributed by atoms with E-state index < -0.39 is 11.7 Å². The maximum absolute atomic E-state index is 14.4. The molecule has 3 aliphatic rings. The number of methoxy groups -OCH3 is 2. The van der Waals surface area contributed by atoms with Crippen molar-refractivity contribution in [3.63, 3.8) is 0 Å². The van der Waals surface area contributed by atoms with E-state index in [1.54, 1.807) is 59.6 Å². The number of nitriles is 2. The van der Waals surface area contributed by atoms with Crippen LogP contribution in [0.3, 0.4) is 0 Å². The second-order valence-electron chi connectivity index (χ2n) is 11.9. The Bertz CT molecular complexity index is 1700. The topological polar surface area (TPSA) is 172 Å². The largest absolute Gasteiger partial charge is 0.495 e. The van der Waals surface area contributed by atoms with Gasteiger partial charge in [0.25, 0.3) is 11.8 Å². The molecule has 4 heterocycles. The third kappa shape index (κ3) is 9.03. The number of hydrogen-bond acceptors (Lipinski definition) is 12. The number of carbonyl (C=O) groups excluding carboxylic acids is 2. The number of rotatable bonds is 9. The predicted octanol–water partition coefficient (Wildman–Crippen LogP) is 2.85. The molecule has 3 aliphatic heterocycles. The molecule has 14 nitrogen and oxygen atoms in total. The zero-order valence-corrected chi connectivity index (χ0v) is 27.4. The molecule has 15 heteroatoms. The molecule has 3 aromatic rings. The summed E-state index contributed by atoms with van der Waals surface area (Å²) in [4.78, 5) is 38.2. The van der Waals surface area contributed by atoms with Crippen LogP contribution in [0, 0.1) is 28.7 Å². The normalized spacial score (nSPS) is 19.7. The molecule has 0 bridgehead atoms. The fourth-order valence-corrected chi connectivity index (χ4v) is 5.93. The molecule has 3 saturated heterocycles. The summed E-state index contributed by atoms with van der Waals surface area (Å²) in [6.07, 6.45) is 9.97. The van der Waals surface area contributed by atoms with E-state index in [9.17, 15) is 14.0 Å². The summed E-state index contributed by atoms with van der Waals surface area (Å²) in [7, 11) is 3.22. The molecule has 0 unspecified atom stereocenters. The van der Waals surface area contributed by atoms with Crippen LogP contribution in [0.4, 0.5) is 21.7 Å². The van der Waals surface area contributed by atoms with Gasteiger partial charge in [-0.1, -0.05) is 0 Å². The van der Waals surface area contributed by atoms with Gasteiger partial charge < -0.3 is 40.1 Å². The lowest BCUT2D eigenvalue weighted by Crippen LogP contribution is -2.36. The van der Waals surface area contributed by atoms with Crippen molar-refractivity contribution in [1.82, 2.24) is 30.4 Å². The van der Waals surface area contributed by atoms with E-state index in [-0.39, 0.29) is 29.7 Å². The lowest BCUT2D eigenvalue weighted by Gasteiger charge is -2.19. The van der Waals surface area contributed by atoms with Gasteiger partial charge in [0.05, 0.1) is 24.5 Å². The highest BCUT2D eigenvalue weighted by molar-refractivity contribution is 5.96. The Hall–Kier alpha value is -5.67. The van der Waals surface area contributed by atoms with Crippen molar-refractivity contribution in [2.75, 3.05) is 63.7 Å². The molecule has 6 rings (SSSR count). The highest BCUT2D eigenvalue weighted by Gasteiger charge is 2.27. The van der Waals surface area contributed by atoms with Gasteiger partial charge in [0.1, 0.15) is 11.6 Å². The summed E-state index contributed by atoms with van der Waals surface area (Å²) in [5.74, 6) is -0.183. The monoisotopic (exact) mass is 670 g/mol. The van der Waals surface area contributed by atoms with E-state index in [1.807, 2.05) is 0 Å². The molecule has 49 heavy (non-hydrogen) atoms. The number of nitrogens with one attached hydrogen (secondary N) is 3. The molecule has 1 aromatic heterocycles. The smallest absolute Gasteiger partial charge is 0.254 e. The van der Waals surface area contributed by atoms with Crippen LogP contribution in [0.25, 0.3) is 0 Å². The quantitative estimate of drug-likeness (QED) is 0.285. The van der Waals surface area contributed by atoms with Crippen LogP contribution in [-0.2, 0) is 4.74 Å². The van der Waals surface area contributed by atoms with Gasteiger partial charge in [0.2, 0.25) is 5.95 Å².